The molecule has 3 aromatic carbocycles. The van der Waals surface area contributed by atoms with Crippen molar-refractivity contribution in [2.45, 2.75) is 11.8 Å². The van der Waals surface area contributed by atoms with E-state index in [0.29, 0.717) is 23.7 Å². The molecule has 3 aromatic rings. The Morgan fingerprint density at radius 1 is 0.935 bits per heavy atom. The molecular weight excluding hydrogens is 440 g/mol. The molecule has 0 atom stereocenters. The number of amides is 1. The van der Waals surface area contributed by atoms with Gasteiger partial charge in [0.2, 0.25) is 0 Å². The topological polar surface area (TPSA) is 93.7 Å². The van der Waals surface area contributed by atoms with Crippen molar-refractivity contribution in [3.05, 3.63) is 77.8 Å². The average Bonchev–Trinajstić information content (AvgIpc) is 2.75. The molecule has 162 valence electrons. The fraction of sp³-hybridized carbons (Fsp3) is 0.136. The number of carbonyl (C=O) groups is 1. The van der Waals surface area contributed by atoms with Crippen LogP contribution in [0.1, 0.15) is 6.92 Å². The number of nitrogens with one attached hydrogen (secondary N) is 2. The number of benzene rings is 3. The lowest BCUT2D eigenvalue weighted by molar-refractivity contribution is -0.118. The molecule has 7 nitrogen and oxygen atoms in total. The van der Waals surface area contributed by atoms with E-state index in [2.05, 4.69) is 10.0 Å². The highest BCUT2D eigenvalue weighted by molar-refractivity contribution is 7.92. The summed E-state index contributed by atoms with van der Waals surface area (Å²) >= 11 is 6.17. The van der Waals surface area contributed by atoms with Crippen LogP contribution in [0.15, 0.2) is 77.7 Å². The lowest BCUT2D eigenvalue weighted by atomic mass is 10.3. The number of halogens is 1. The van der Waals surface area contributed by atoms with Crippen molar-refractivity contribution < 1.29 is 22.7 Å². The molecule has 9 heteroatoms. The van der Waals surface area contributed by atoms with Gasteiger partial charge < -0.3 is 14.8 Å². The van der Waals surface area contributed by atoms with Gasteiger partial charge in [0.25, 0.3) is 15.9 Å². The third kappa shape index (κ3) is 6.37. The van der Waals surface area contributed by atoms with Gasteiger partial charge in [-0.2, -0.15) is 0 Å². The zero-order valence-electron chi connectivity index (χ0n) is 16.7. The molecule has 0 bridgehead atoms. The Morgan fingerprint density at radius 3 is 2.29 bits per heavy atom. The van der Waals surface area contributed by atoms with Crippen LogP contribution in [0.25, 0.3) is 0 Å². The summed E-state index contributed by atoms with van der Waals surface area (Å²) in [6.45, 7) is 2.11. The average molecular weight is 461 g/mol. The van der Waals surface area contributed by atoms with Gasteiger partial charge in [0.1, 0.15) is 11.5 Å². The van der Waals surface area contributed by atoms with Crippen LogP contribution in [0.4, 0.5) is 11.4 Å². The lowest BCUT2D eigenvalue weighted by Gasteiger charge is -2.12. The molecule has 31 heavy (non-hydrogen) atoms. The standard InChI is InChI=1S/C22H21ClN2O5S/c1-2-29-18-10-8-17(9-11-18)25-31(27,28)19-12-13-21(20(23)14-19)30-15-22(26)24-16-6-4-3-5-7-16/h3-14,25H,2,15H2,1H3,(H,24,26). The Labute approximate surface area is 186 Å². The highest BCUT2D eigenvalue weighted by Crippen LogP contribution is 2.28. The lowest BCUT2D eigenvalue weighted by Crippen LogP contribution is -2.20. The molecule has 0 fully saturated rings. The third-order valence-electron chi connectivity index (χ3n) is 4.05. The largest absolute Gasteiger partial charge is 0.494 e. The van der Waals surface area contributed by atoms with Crippen molar-refractivity contribution in [2.75, 3.05) is 23.3 Å². The molecular formula is C22H21ClN2O5S. The van der Waals surface area contributed by atoms with Crippen molar-refractivity contribution in [3.63, 3.8) is 0 Å². The number of hydrogen-bond donors (Lipinski definition) is 2. The summed E-state index contributed by atoms with van der Waals surface area (Å²) in [5.41, 5.74) is 1.03. The molecule has 0 spiro atoms. The SMILES string of the molecule is CCOc1ccc(NS(=O)(=O)c2ccc(OCC(=O)Nc3ccccc3)c(Cl)c2)cc1. The number of rotatable bonds is 9. The zero-order valence-corrected chi connectivity index (χ0v) is 18.2. The van der Waals surface area contributed by atoms with E-state index in [1.54, 1.807) is 48.5 Å². The first-order valence-electron chi connectivity index (χ1n) is 9.40. The molecule has 1 amide bonds. The minimum absolute atomic E-state index is 0.0347. The summed E-state index contributed by atoms with van der Waals surface area (Å²) in [7, 11) is -3.86. The van der Waals surface area contributed by atoms with E-state index in [1.807, 2.05) is 13.0 Å². The van der Waals surface area contributed by atoms with Crippen LogP contribution in [-0.4, -0.2) is 27.5 Å². The van der Waals surface area contributed by atoms with Crippen molar-refractivity contribution in [1.82, 2.24) is 0 Å². The molecule has 0 heterocycles. The van der Waals surface area contributed by atoms with E-state index in [1.165, 1.54) is 18.2 Å². The Kier molecular flexibility index (Phi) is 7.38. The molecule has 0 unspecified atom stereocenters. The van der Waals surface area contributed by atoms with Crippen molar-refractivity contribution in [1.29, 1.82) is 0 Å². The van der Waals surface area contributed by atoms with Gasteiger partial charge in [-0.3, -0.25) is 9.52 Å². The van der Waals surface area contributed by atoms with Crippen molar-refractivity contribution in [3.8, 4) is 11.5 Å². The van der Waals surface area contributed by atoms with E-state index >= 15 is 0 Å². The number of sulfonamides is 1. The highest BCUT2D eigenvalue weighted by atomic mass is 35.5. The molecule has 0 saturated heterocycles. The van der Waals surface area contributed by atoms with Gasteiger partial charge >= 0.3 is 0 Å². The molecule has 0 aliphatic rings. The summed E-state index contributed by atoms with van der Waals surface area (Å²) in [4.78, 5) is 12.0. The Bertz CT molecular complexity index is 1140. The summed E-state index contributed by atoms with van der Waals surface area (Å²) in [6, 6.07) is 19.5. The first-order valence-corrected chi connectivity index (χ1v) is 11.3. The first-order chi connectivity index (χ1) is 14.9. The van der Waals surface area contributed by atoms with Gasteiger partial charge in [0, 0.05) is 11.4 Å². The second-order valence-electron chi connectivity index (χ2n) is 6.36. The maximum atomic E-state index is 12.6. The molecule has 0 radical (unpaired) electrons. The minimum atomic E-state index is -3.86. The van der Waals surface area contributed by atoms with Crippen LogP contribution < -0.4 is 19.5 Å². The van der Waals surface area contributed by atoms with Gasteiger partial charge in [0.15, 0.2) is 6.61 Å². The maximum Gasteiger partial charge on any atom is 0.262 e. The van der Waals surface area contributed by atoms with E-state index in [4.69, 9.17) is 21.1 Å². The second kappa shape index (κ2) is 10.2. The highest BCUT2D eigenvalue weighted by Gasteiger charge is 2.17. The monoisotopic (exact) mass is 460 g/mol. The summed E-state index contributed by atoms with van der Waals surface area (Å²) in [6.07, 6.45) is 0. The summed E-state index contributed by atoms with van der Waals surface area (Å²) in [5, 5.41) is 2.76. The van der Waals surface area contributed by atoms with Gasteiger partial charge in [-0.1, -0.05) is 29.8 Å². The molecule has 0 aliphatic heterocycles. The molecule has 2 N–H and O–H groups in total. The van der Waals surface area contributed by atoms with Crippen LogP contribution in [-0.2, 0) is 14.8 Å². The Hall–Kier alpha value is -3.23. The fourth-order valence-corrected chi connectivity index (χ4v) is 4.01. The van der Waals surface area contributed by atoms with E-state index in [-0.39, 0.29) is 28.2 Å². The predicted molar refractivity (Wildman–Crippen MR) is 120 cm³/mol. The number of anilines is 2. The van der Waals surface area contributed by atoms with E-state index < -0.39 is 10.0 Å². The number of carbonyl (C=O) groups excluding carboxylic acids is 1. The van der Waals surface area contributed by atoms with Crippen molar-refractivity contribution in [2.24, 2.45) is 0 Å². The summed E-state index contributed by atoms with van der Waals surface area (Å²) < 4.78 is 38.5. The van der Waals surface area contributed by atoms with Crippen LogP contribution in [0.3, 0.4) is 0 Å². The van der Waals surface area contributed by atoms with Crippen LogP contribution >= 0.6 is 11.6 Å². The first kappa shape index (κ1) is 22.5. The Balaban J connectivity index is 1.62. The van der Waals surface area contributed by atoms with Gasteiger partial charge in [-0.15, -0.1) is 0 Å². The minimum Gasteiger partial charge on any atom is -0.494 e. The second-order valence-corrected chi connectivity index (χ2v) is 8.45. The van der Waals surface area contributed by atoms with Crippen LogP contribution in [0.2, 0.25) is 5.02 Å². The normalized spacial score (nSPS) is 10.9. The number of ether oxygens (including phenoxy) is 2. The predicted octanol–water partition coefficient (Wildman–Crippen LogP) is 4.56. The van der Waals surface area contributed by atoms with Gasteiger partial charge in [-0.05, 0) is 61.5 Å². The van der Waals surface area contributed by atoms with Crippen LogP contribution in [0.5, 0.6) is 11.5 Å². The molecule has 0 aromatic heterocycles. The summed E-state index contributed by atoms with van der Waals surface area (Å²) in [5.74, 6) is 0.479. The van der Waals surface area contributed by atoms with Crippen molar-refractivity contribution >= 4 is 38.9 Å². The zero-order chi connectivity index (χ0) is 22.3. The van der Waals surface area contributed by atoms with Gasteiger partial charge in [0.05, 0.1) is 16.5 Å². The molecule has 0 saturated carbocycles. The van der Waals surface area contributed by atoms with Gasteiger partial charge in [-0.25, -0.2) is 8.42 Å². The van der Waals surface area contributed by atoms with E-state index in [9.17, 15) is 13.2 Å². The molecule has 0 aliphatic carbocycles. The quantitative estimate of drug-likeness (QED) is 0.488. The molecule has 3 rings (SSSR count). The maximum absolute atomic E-state index is 12.6. The smallest absolute Gasteiger partial charge is 0.262 e. The Morgan fingerprint density at radius 2 is 1.65 bits per heavy atom. The number of para-hydroxylation sites is 1. The van der Waals surface area contributed by atoms with E-state index in [0.717, 1.165) is 0 Å². The number of hydrogen-bond acceptors (Lipinski definition) is 5. The van der Waals surface area contributed by atoms with Crippen LogP contribution in [0, 0.1) is 0 Å². The third-order valence-corrected chi connectivity index (χ3v) is 5.72. The fourth-order valence-electron chi connectivity index (χ4n) is 2.63.